The quantitative estimate of drug-likeness (QED) is 0.694. The molecule has 1 heterocycles. The van der Waals surface area contributed by atoms with Crippen molar-refractivity contribution in [1.29, 1.82) is 0 Å². The second-order valence-corrected chi connectivity index (χ2v) is 4.39. The lowest BCUT2D eigenvalue weighted by molar-refractivity contribution is -0.384. The molecule has 0 saturated heterocycles. The molecule has 104 valence electrons. The Morgan fingerprint density at radius 3 is 2.80 bits per heavy atom. The van der Waals surface area contributed by atoms with E-state index in [0.29, 0.717) is 0 Å². The number of nitrogens with zero attached hydrogens (tertiary/aromatic N) is 2. The van der Waals surface area contributed by atoms with Gasteiger partial charge in [0.25, 0.3) is 5.69 Å². The fourth-order valence-electron chi connectivity index (χ4n) is 1.76. The molecule has 0 aliphatic rings. The molecule has 1 aromatic heterocycles. The van der Waals surface area contributed by atoms with Gasteiger partial charge in [-0.2, -0.15) is 0 Å². The van der Waals surface area contributed by atoms with Crippen LogP contribution in [0.3, 0.4) is 0 Å². The van der Waals surface area contributed by atoms with Gasteiger partial charge in [0.1, 0.15) is 11.5 Å². The highest BCUT2D eigenvalue weighted by Crippen LogP contribution is 2.22. The van der Waals surface area contributed by atoms with Crippen LogP contribution in [-0.2, 0) is 6.54 Å². The minimum atomic E-state index is -1.33. The van der Waals surface area contributed by atoms with Gasteiger partial charge in [-0.1, -0.05) is 23.7 Å². The lowest BCUT2D eigenvalue weighted by atomic mass is 10.2. The zero-order valence-electron chi connectivity index (χ0n) is 9.92. The largest absolute Gasteiger partial charge is 0.477 e. The van der Waals surface area contributed by atoms with E-state index in [1.807, 2.05) is 0 Å². The van der Waals surface area contributed by atoms with Gasteiger partial charge in [-0.15, -0.1) is 0 Å². The molecule has 0 fully saturated rings. The Bertz CT molecular complexity index is 699. The lowest BCUT2D eigenvalue weighted by Crippen LogP contribution is -2.09. The predicted octanol–water partition coefficient (Wildman–Crippen LogP) is 2.94. The molecule has 1 aromatic carbocycles. The van der Waals surface area contributed by atoms with Gasteiger partial charge in [0.05, 0.1) is 22.7 Å². The standard InChI is InChI=1S/C12H8ClFN2O4/c13-9-3-1-2-7(11(9)14)5-15-6-8(16(19)20)4-10(15)12(17)18/h1-4,6H,5H2,(H,17,18). The highest BCUT2D eigenvalue weighted by atomic mass is 35.5. The number of aromatic carboxylic acids is 1. The number of carboxylic acids is 1. The summed E-state index contributed by atoms with van der Waals surface area (Å²) in [6.07, 6.45) is 1.05. The lowest BCUT2D eigenvalue weighted by Gasteiger charge is -2.07. The van der Waals surface area contributed by atoms with E-state index < -0.39 is 16.7 Å². The first kappa shape index (κ1) is 14.0. The van der Waals surface area contributed by atoms with Crippen LogP contribution in [0.2, 0.25) is 5.02 Å². The predicted molar refractivity (Wildman–Crippen MR) is 68.6 cm³/mol. The maximum absolute atomic E-state index is 13.8. The van der Waals surface area contributed by atoms with Crippen LogP contribution < -0.4 is 0 Å². The summed E-state index contributed by atoms with van der Waals surface area (Å²) in [7, 11) is 0. The van der Waals surface area contributed by atoms with Crippen molar-refractivity contribution in [3.63, 3.8) is 0 Å². The van der Waals surface area contributed by atoms with Gasteiger partial charge in [-0.05, 0) is 6.07 Å². The Morgan fingerprint density at radius 2 is 2.20 bits per heavy atom. The van der Waals surface area contributed by atoms with Crippen molar-refractivity contribution >= 4 is 23.3 Å². The van der Waals surface area contributed by atoms with Crippen molar-refractivity contribution in [2.45, 2.75) is 6.54 Å². The fraction of sp³-hybridized carbons (Fsp3) is 0.0833. The minimum Gasteiger partial charge on any atom is -0.477 e. The first-order valence-corrected chi connectivity index (χ1v) is 5.78. The van der Waals surface area contributed by atoms with E-state index in [4.69, 9.17) is 16.7 Å². The summed E-state index contributed by atoms with van der Waals surface area (Å²) < 4.78 is 14.9. The molecule has 8 heteroatoms. The van der Waals surface area contributed by atoms with Crippen LogP contribution in [0.1, 0.15) is 16.1 Å². The summed E-state index contributed by atoms with van der Waals surface area (Å²) in [6.45, 7) is -0.165. The highest BCUT2D eigenvalue weighted by Gasteiger charge is 2.19. The van der Waals surface area contributed by atoms with E-state index in [0.717, 1.165) is 16.8 Å². The highest BCUT2D eigenvalue weighted by molar-refractivity contribution is 6.30. The van der Waals surface area contributed by atoms with Crippen molar-refractivity contribution in [2.75, 3.05) is 0 Å². The summed E-state index contributed by atoms with van der Waals surface area (Å²) >= 11 is 5.63. The number of carboxylic acid groups (broad SMARTS) is 1. The van der Waals surface area contributed by atoms with Crippen molar-refractivity contribution < 1.29 is 19.2 Å². The Labute approximate surface area is 117 Å². The molecule has 2 aromatic rings. The smallest absolute Gasteiger partial charge is 0.352 e. The van der Waals surface area contributed by atoms with E-state index in [2.05, 4.69) is 0 Å². The second kappa shape index (κ2) is 5.30. The van der Waals surface area contributed by atoms with Crippen LogP contribution in [0.15, 0.2) is 30.5 Å². The SMILES string of the molecule is O=C(O)c1cc([N+](=O)[O-])cn1Cc1cccc(Cl)c1F. The number of carbonyl (C=O) groups is 1. The molecule has 0 saturated carbocycles. The van der Waals surface area contributed by atoms with Crippen LogP contribution in [0.5, 0.6) is 0 Å². The topological polar surface area (TPSA) is 85.4 Å². The number of hydrogen-bond donors (Lipinski definition) is 1. The molecule has 0 bridgehead atoms. The molecule has 0 atom stereocenters. The Kier molecular flexibility index (Phi) is 3.71. The van der Waals surface area contributed by atoms with E-state index in [1.54, 1.807) is 0 Å². The number of benzene rings is 1. The molecular weight excluding hydrogens is 291 g/mol. The molecule has 0 unspecified atom stereocenters. The molecule has 20 heavy (non-hydrogen) atoms. The second-order valence-electron chi connectivity index (χ2n) is 3.99. The first-order chi connectivity index (χ1) is 9.40. The molecule has 1 N–H and O–H groups in total. The van der Waals surface area contributed by atoms with Crippen molar-refractivity contribution in [3.05, 3.63) is 62.7 Å². The van der Waals surface area contributed by atoms with Gasteiger partial charge in [-0.25, -0.2) is 9.18 Å². The summed E-state index contributed by atoms with van der Waals surface area (Å²) in [4.78, 5) is 21.0. The monoisotopic (exact) mass is 298 g/mol. The van der Waals surface area contributed by atoms with Crippen LogP contribution in [0.25, 0.3) is 0 Å². The summed E-state index contributed by atoms with van der Waals surface area (Å²) in [5.41, 5.74) is -0.522. The molecule has 0 spiro atoms. The van der Waals surface area contributed by atoms with E-state index in [9.17, 15) is 19.3 Å². The number of halogens is 2. The number of hydrogen-bond acceptors (Lipinski definition) is 3. The molecule has 0 amide bonds. The molecule has 0 radical (unpaired) electrons. The zero-order chi connectivity index (χ0) is 14.9. The van der Waals surface area contributed by atoms with Crippen molar-refractivity contribution in [2.24, 2.45) is 0 Å². The number of nitro groups is 1. The van der Waals surface area contributed by atoms with Gasteiger partial charge in [0.15, 0.2) is 0 Å². The van der Waals surface area contributed by atoms with Crippen LogP contribution in [0.4, 0.5) is 10.1 Å². The molecule has 0 aliphatic carbocycles. The minimum absolute atomic E-state index is 0.0963. The normalized spacial score (nSPS) is 10.5. The third-order valence-corrected chi connectivity index (χ3v) is 2.98. The average molecular weight is 299 g/mol. The van der Waals surface area contributed by atoms with Crippen LogP contribution in [0, 0.1) is 15.9 Å². The molecule has 2 rings (SSSR count). The van der Waals surface area contributed by atoms with E-state index >= 15 is 0 Å². The van der Waals surface area contributed by atoms with Crippen LogP contribution in [-0.4, -0.2) is 20.6 Å². The Balaban J connectivity index is 2.45. The van der Waals surface area contributed by atoms with Gasteiger partial charge < -0.3 is 9.67 Å². The van der Waals surface area contributed by atoms with Gasteiger partial charge in [0, 0.05) is 11.6 Å². The van der Waals surface area contributed by atoms with E-state index in [-0.39, 0.29) is 28.5 Å². The molecule has 6 nitrogen and oxygen atoms in total. The van der Waals surface area contributed by atoms with Crippen molar-refractivity contribution in [3.8, 4) is 0 Å². The summed E-state index contributed by atoms with van der Waals surface area (Å²) in [6, 6.07) is 5.22. The maximum Gasteiger partial charge on any atom is 0.352 e. The fourth-order valence-corrected chi connectivity index (χ4v) is 1.95. The summed E-state index contributed by atoms with van der Waals surface area (Å²) in [5.74, 6) is -2.01. The number of rotatable bonds is 4. The van der Waals surface area contributed by atoms with E-state index in [1.165, 1.54) is 18.2 Å². The van der Waals surface area contributed by atoms with Crippen molar-refractivity contribution in [1.82, 2.24) is 4.57 Å². The first-order valence-electron chi connectivity index (χ1n) is 5.41. The summed E-state index contributed by atoms with van der Waals surface area (Å²) in [5, 5.41) is 19.6. The van der Waals surface area contributed by atoms with Crippen LogP contribution >= 0.6 is 11.6 Å². The zero-order valence-corrected chi connectivity index (χ0v) is 10.7. The third kappa shape index (κ3) is 2.62. The van der Waals surface area contributed by atoms with Gasteiger partial charge >= 0.3 is 5.97 Å². The number of aromatic nitrogens is 1. The molecule has 0 aliphatic heterocycles. The Morgan fingerprint density at radius 1 is 1.50 bits per heavy atom. The Hall–Kier alpha value is -2.41. The van der Waals surface area contributed by atoms with Gasteiger partial charge in [0.2, 0.25) is 0 Å². The average Bonchev–Trinajstić information content (AvgIpc) is 2.79. The van der Waals surface area contributed by atoms with Gasteiger partial charge in [-0.3, -0.25) is 10.1 Å². The molecular formula is C12H8ClFN2O4. The maximum atomic E-state index is 13.8. The third-order valence-electron chi connectivity index (χ3n) is 2.68.